The van der Waals surface area contributed by atoms with Gasteiger partial charge in [-0.25, -0.2) is 9.18 Å². The highest BCUT2D eigenvalue weighted by molar-refractivity contribution is 5.95. The zero-order chi connectivity index (χ0) is 11.4. The number of carbonyl (C=O) groups is 1. The van der Waals surface area contributed by atoms with E-state index in [9.17, 15) is 9.18 Å². The van der Waals surface area contributed by atoms with Crippen LogP contribution in [0.4, 0.5) is 4.39 Å². The van der Waals surface area contributed by atoms with Crippen molar-refractivity contribution >= 4 is 11.8 Å². The summed E-state index contributed by atoms with van der Waals surface area (Å²) in [7, 11) is 0. The Hall–Kier alpha value is -1.64. The van der Waals surface area contributed by atoms with Crippen molar-refractivity contribution in [2.24, 2.45) is 5.92 Å². The van der Waals surface area contributed by atoms with Gasteiger partial charge in [0.25, 0.3) is 0 Å². The summed E-state index contributed by atoms with van der Waals surface area (Å²) in [4.78, 5) is 10.9. The molecule has 0 bridgehead atoms. The monoisotopic (exact) mass is 208 g/mol. The predicted molar refractivity (Wildman–Crippen MR) is 56.9 cm³/mol. The molecule has 80 valence electrons. The van der Waals surface area contributed by atoms with Crippen LogP contribution in [0.25, 0.3) is 5.83 Å². The molecule has 0 heterocycles. The molecule has 1 aromatic carbocycles. The molecule has 0 aliphatic carbocycles. The zero-order valence-corrected chi connectivity index (χ0v) is 8.70. The van der Waals surface area contributed by atoms with Crippen molar-refractivity contribution in [1.29, 1.82) is 0 Å². The standard InChI is InChI=1S/C12H13FO2/c1-8(2)10(12(14)15)11(13)9-6-4-3-5-7-9/h3-8H,1-2H3,(H,14,15)/b11-10-. The third-order valence-corrected chi connectivity index (χ3v) is 2.07. The molecule has 0 aromatic heterocycles. The molecule has 3 heteroatoms. The van der Waals surface area contributed by atoms with Crippen LogP contribution in [0.15, 0.2) is 35.9 Å². The third-order valence-electron chi connectivity index (χ3n) is 2.07. The minimum atomic E-state index is -1.20. The first kappa shape index (κ1) is 11.4. The Morgan fingerprint density at radius 3 is 2.20 bits per heavy atom. The van der Waals surface area contributed by atoms with Crippen molar-refractivity contribution in [3.05, 3.63) is 41.5 Å². The van der Waals surface area contributed by atoms with Gasteiger partial charge >= 0.3 is 5.97 Å². The van der Waals surface area contributed by atoms with Gasteiger partial charge in [0.15, 0.2) is 0 Å². The first-order chi connectivity index (χ1) is 7.04. The van der Waals surface area contributed by atoms with Crippen molar-refractivity contribution in [2.75, 3.05) is 0 Å². The van der Waals surface area contributed by atoms with E-state index in [0.29, 0.717) is 5.56 Å². The number of aliphatic carboxylic acids is 1. The molecule has 1 aromatic rings. The zero-order valence-electron chi connectivity index (χ0n) is 8.70. The van der Waals surface area contributed by atoms with E-state index in [1.807, 2.05) is 0 Å². The van der Waals surface area contributed by atoms with E-state index >= 15 is 0 Å². The molecule has 0 radical (unpaired) electrons. The van der Waals surface area contributed by atoms with Crippen LogP contribution >= 0.6 is 0 Å². The minimum Gasteiger partial charge on any atom is -0.478 e. The summed E-state index contributed by atoms with van der Waals surface area (Å²) in [5, 5.41) is 8.88. The molecule has 2 nitrogen and oxygen atoms in total. The maximum absolute atomic E-state index is 13.8. The molecular weight excluding hydrogens is 195 g/mol. The summed E-state index contributed by atoms with van der Waals surface area (Å²) in [6.07, 6.45) is 0. The molecule has 0 saturated carbocycles. The second kappa shape index (κ2) is 4.73. The van der Waals surface area contributed by atoms with Gasteiger partial charge in [-0.3, -0.25) is 0 Å². The van der Waals surface area contributed by atoms with Crippen molar-refractivity contribution in [3.8, 4) is 0 Å². The van der Waals surface area contributed by atoms with Crippen LogP contribution in [0, 0.1) is 5.92 Å². The van der Waals surface area contributed by atoms with E-state index < -0.39 is 11.8 Å². The van der Waals surface area contributed by atoms with Crippen molar-refractivity contribution in [2.45, 2.75) is 13.8 Å². The number of halogens is 1. The van der Waals surface area contributed by atoms with E-state index in [2.05, 4.69) is 0 Å². The average Bonchev–Trinajstić information content (AvgIpc) is 2.18. The minimum absolute atomic E-state index is 0.179. The van der Waals surface area contributed by atoms with Gasteiger partial charge in [0, 0.05) is 5.56 Å². The van der Waals surface area contributed by atoms with E-state index in [4.69, 9.17) is 5.11 Å². The topological polar surface area (TPSA) is 37.3 Å². The third kappa shape index (κ3) is 2.65. The Kier molecular flexibility index (Phi) is 3.61. The highest BCUT2D eigenvalue weighted by atomic mass is 19.1. The molecular formula is C12H13FO2. The first-order valence-electron chi connectivity index (χ1n) is 4.72. The molecule has 0 aliphatic heterocycles. The summed E-state index contributed by atoms with van der Waals surface area (Å²) in [5.74, 6) is -2.20. The Morgan fingerprint density at radius 1 is 1.27 bits per heavy atom. The lowest BCUT2D eigenvalue weighted by molar-refractivity contribution is -0.133. The van der Waals surface area contributed by atoms with E-state index in [1.165, 1.54) is 0 Å². The number of benzene rings is 1. The smallest absolute Gasteiger partial charge is 0.334 e. The van der Waals surface area contributed by atoms with Gasteiger partial charge in [-0.1, -0.05) is 44.2 Å². The van der Waals surface area contributed by atoms with Gasteiger partial charge in [0.1, 0.15) is 5.83 Å². The fraction of sp³-hybridized carbons (Fsp3) is 0.250. The summed E-state index contributed by atoms with van der Waals surface area (Å²) < 4.78 is 13.8. The average molecular weight is 208 g/mol. The summed E-state index contributed by atoms with van der Waals surface area (Å²) in [5.41, 5.74) is 0.129. The normalized spacial score (nSPS) is 12.5. The van der Waals surface area contributed by atoms with Crippen LogP contribution in [0.2, 0.25) is 0 Å². The maximum Gasteiger partial charge on any atom is 0.334 e. The fourth-order valence-corrected chi connectivity index (χ4v) is 1.33. The molecule has 0 unspecified atom stereocenters. The number of hydrogen-bond acceptors (Lipinski definition) is 1. The highest BCUT2D eigenvalue weighted by Crippen LogP contribution is 2.25. The van der Waals surface area contributed by atoms with E-state index in [-0.39, 0.29) is 11.5 Å². The molecule has 1 rings (SSSR count). The van der Waals surface area contributed by atoms with Crippen LogP contribution in [0.3, 0.4) is 0 Å². The molecule has 15 heavy (non-hydrogen) atoms. The van der Waals surface area contributed by atoms with Crippen molar-refractivity contribution in [3.63, 3.8) is 0 Å². The van der Waals surface area contributed by atoms with E-state index in [0.717, 1.165) is 0 Å². The van der Waals surface area contributed by atoms with Crippen LogP contribution in [-0.4, -0.2) is 11.1 Å². The Morgan fingerprint density at radius 2 is 1.80 bits per heavy atom. The number of rotatable bonds is 3. The number of hydrogen-bond donors (Lipinski definition) is 1. The molecule has 0 fully saturated rings. The van der Waals surface area contributed by atoms with E-state index in [1.54, 1.807) is 44.2 Å². The van der Waals surface area contributed by atoms with Crippen LogP contribution in [0.1, 0.15) is 19.4 Å². The molecule has 0 saturated heterocycles. The maximum atomic E-state index is 13.8. The van der Waals surface area contributed by atoms with Crippen LogP contribution < -0.4 is 0 Å². The summed E-state index contributed by atoms with van der Waals surface area (Å²) in [6, 6.07) is 8.22. The van der Waals surface area contributed by atoms with Crippen molar-refractivity contribution in [1.82, 2.24) is 0 Å². The molecule has 0 aliphatic rings. The Bertz CT molecular complexity index is 380. The van der Waals surface area contributed by atoms with Crippen molar-refractivity contribution < 1.29 is 14.3 Å². The van der Waals surface area contributed by atoms with Crippen LogP contribution in [-0.2, 0) is 4.79 Å². The first-order valence-corrected chi connectivity index (χ1v) is 4.72. The van der Waals surface area contributed by atoms with Gasteiger partial charge in [0.05, 0.1) is 5.57 Å². The Balaban J connectivity index is 3.23. The lowest BCUT2D eigenvalue weighted by Crippen LogP contribution is -2.08. The van der Waals surface area contributed by atoms with Gasteiger partial charge in [-0.05, 0) is 5.92 Å². The van der Waals surface area contributed by atoms with Gasteiger partial charge in [0.2, 0.25) is 0 Å². The van der Waals surface area contributed by atoms with Gasteiger partial charge < -0.3 is 5.11 Å². The SMILES string of the molecule is CC(C)/C(C(=O)O)=C(/F)c1ccccc1. The molecule has 0 amide bonds. The predicted octanol–water partition coefficient (Wildman–Crippen LogP) is 3.11. The molecule has 0 spiro atoms. The second-order valence-electron chi connectivity index (χ2n) is 3.55. The van der Waals surface area contributed by atoms with Crippen LogP contribution in [0.5, 0.6) is 0 Å². The van der Waals surface area contributed by atoms with Gasteiger partial charge in [-0.2, -0.15) is 0 Å². The largest absolute Gasteiger partial charge is 0.478 e. The highest BCUT2D eigenvalue weighted by Gasteiger charge is 2.19. The number of carboxylic acid groups (broad SMARTS) is 1. The second-order valence-corrected chi connectivity index (χ2v) is 3.55. The lowest BCUT2D eigenvalue weighted by Gasteiger charge is -2.08. The number of carboxylic acids is 1. The Labute approximate surface area is 88.1 Å². The summed E-state index contributed by atoms with van der Waals surface area (Å²) in [6.45, 7) is 3.32. The van der Waals surface area contributed by atoms with Gasteiger partial charge in [-0.15, -0.1) is 0 Å². The fourth-order valence-electron chi connectivity index (χ4n) is 1.33. The lowest BCUT2D eigenvalue weighted by atomic mass is 9.99. The molecule has 1 N–H and O–H groups in total. The summed E-state index contributed by atoms with van der Waals surface area (Å²) >= 11 is 0. The quantitative estimate of drug-likeness (QED) is 0.775. The molecule has 0 atom stereocenters.